The average molecular weight is 161 g/mol. The Balaban J connectivity index is 2.08. The molecule has 0 aliphatic heterocycles. The number of hydrogen-bond donors (Lipinski definition) is 0. The molecule has 2 aliphatic rings. The largest absolute Gasteiger partial charge is 0.0888 e. The highest BCUT2D eigenvalue weighted by Gasteiger charge is 2.46. The highest BCUT2D eigenvalue weighted by atomic mass is 79.9. The Kier molecular flexibility index (Phi) is 0.780. The predicted molar refractivity (Wildman–Crippen MR) is 33.5 cm³/mol. The van der Waals surface area contributed by atoms with Gasteiger partial charge in [-0.25, -0.2) is 0 Å². The summed E-state index contributed by atoms with van der Waals surface area (Å²) in [5.74, 6) is 2.24. The SMILES string of the molecule is Br[C@@H]1CC[C@H]2C[C@H]21. The van der Waals surface area contributed by atoms with E-state index in [2.05, 4.69) is 15.9 Å². The van der Waals surface area contributed by atoms with Gasteiger partial charge in [-0.15, -0.1) is 0 Å². The van der Waals surface area contributed by atoms with Crippen molar-refractivity contribution in [1.29, 1.82) is 0 Å². The van der Waals surface area contributed by atoms with Crippen molar-refractivity contribution >= 4 is 15.9 Å². The highest BCUT2D eigenvalue weighted by molar-refractivity contribution is 9.09. The molecule has 0 spiro atoms. The quantitative estimate of drug-likeness (QED) is 0.477. The zero-order valence-electron chi connectivity index (χ0n) is 4.23. The van der Waals surface area contributed by atoms with Crippen LogP contribution in [0.15, 0.2) is 0 Å². The first kappa shape index (κ1) is 4.37. The molecule has 1 heteroatoms. The second-order valence-electron chi connectivity index (χ2n) is 2.75. The van der Waals surface area contributed by atoms with Gasteiger partial charge in [-0.1, -0.05) is 15.9 Å². The van der Waals surface area contributed by atoms with Gasteiger partial charge in [-0.05, 0) is 31.1 Å². The first-order chi connectivity index (χ1) is 3.38. The first-order valence-corrected chi connectivity index (χ1v) is 3.93. The number of halogens is 1. The maximum Gasteiger partial charge on any atom is 0.0176 e. The van der Waals surface area contributed by atoms with Crippen LogP contribution < -0.4 is 0 Å². The summed E-state index contributed by atoms with van der Waals surface area (Å²) in [6, 6.07) is 0. The van der Waals surface area contributed by atoms with Gasteiger partial charge in [-0.3, -0.25) is 0 Å². The molecular formula is C6H9Br. The summed E-state index contributed by atoms with van der Waals surface area (Å²) in [6.07, 6.45) is 4.46. The predicted octanol–water partition coefficient (Wildman–Crippen LogP) is 2.18. The summed E-state index contributed by atoms with van der Waals surface area (Å²) in [7, 11) is 0. The van der Waals surface area contributed by atoms with E-state index in [1.807, 2.05) is 0 Å². The Bertz CT molecular complexity index is 90.2. The lowest BCUT2D eigenvalue weighted by Gasteiger charge is -1.95. The van der Waals surface area contributed by atoms with Gasteiger partial charge >= 0.3 is 0 Å². The molecule has 0 aromatic carbocycles. The monoisotopic (exact) mass is 160 g/mol. The smallest absolute Gasteiger partial charge is 0.0176 e. The molecule has 0 saturated heterocycles. The van der Waals surface area contributed by atoms with Crippen molar-refractivity contribution in [2.24, 2.45) is 11.8 Å². The molecule has 0 amide bonds. The highest BCUT2D eigenvalue weighted by Crippen LogP contribution is 2.54. The van der Waals surface area contributed by atoms with E-state index >= 15 is 0 Å². The van der Waals surface area contributed by atoms with E-state index in [-0.39, 0.29) is 0 Å². The van der Waals surface area contributed by atoms with Gasteiger partial charge in [-0.2, -0.15) is 0 Å². The molecule has 2 aliphatic carbocycles. The maximum absolute atomic E-state index is 3.65. The molecule has 0 unspecified atom stereocenters. The first-order valence-electron chi connectivity index (χ1n) is 3.02. The minimum Gasteiger partial charge on any atom is -0.0888 e. The number of hydrogen-bond acceptors (Lipinski definition) is 0. The van der Waals surface area contributed by atoms with Crippen LogP contribution in [-0.2, 0) is 0 Å². The fourth-order valence-electron chi connectivity index (χ4n) is 1.63. The van der Waals surface area contributed by atoms with Gasteiger partial charge in [0, 0.05) is 4.83 Å². The van der Waals surface area contributed by atoms with Crippen molar-refractivity contribution in [3.63, 3.8) is 0 Å². The molecule has 7 heavy (non-hydrogen) atoms. The van der Waals surface area contributed by atoms with E-state index in [1.165, 1.54) is 19.3 Å². The van der Waals surface area contributed by atoms with Crippen LogP contribution in [0.4, 0.5) is 0 Å². The molecule has 0 bridgehead atoms. The lowest BCUT2D eigenvalue weighted by Crippen LogP contribution is -1.91. The van der Waals surface area contributed by atoms with Crippen molar-refractivity contribution in [3.05, 3.63) is 0 Å². The lowest BCUT2D eigenvalue weighted by atomic mass is 10.3. The van der Waals surface area contributed by atoms with E-state index in [4.69, 9.17) is 0 Å². The topological polar surface area (TPSA) is 0 Å². The van der Waals surface area contributed by atoms with Gasteiger partial charge in [0.25, 0.3) is 0 Å². The Morgan fingerprint density at radius 1 is 1.29 bits per heavy atom. The summed E-state index contributed by atoms with van der Waals surface area (Å²) in [6.45, 7) is 0. The van der Waals surface area contributed by atoms with E-state index in [9.17, 15) is 0 Å². The Labute approximate surface area is 52.4 Å². The summed E-state index contributed by atoms with van der Waals surface area (Å²) in [4.78, 5) is 0.900. The summed E-state index contributed by atoms with van der Waals surface area (Å²) < 4.78 is 0. The summed E-state index contributed by atoms with van der Waals surface area (Å²) in [5.41, 5.74) is 0. The van der Waals surface area contributed by atoms with Crippen molar-refractivity contribution < 1.29 is 0 Å². The van der Waals surface area contributed by atoms with Crippen LogP contribution in [-0.4, -0.2) is 4.83 Å². The average Bonchev–Trinajstić information content (AvgIpc) is 2.33. The Hall–Kier alpha value is 0.480. The minimum atomic E-state index is 0.900. The van der Waals surface area contributed by atoms with Crippen LogP contribution in [0.3, 0.4) is 0 Å². The Morgan fingerprint density at radius 2 is 2.14 bits per heavy atom. The molecule has 3 atom stereocenters. The standard InChI is InChI=1S/C6H9Br/c7-6-2-1-4-3-5(4)6/h4-6H,1-3H2/t4-,5+,6+/m0/s1. The van der Waals surface area contributed by atoms with E-state index in [0.717, 1.165) is 16.7 Å². The molecule has 0 N–H and O–H groups in total. The number of fused-ring (bicyclic) bond motifs is 1. The minimum absolute atomic E-state index is 0.900. The number of alkyl halides is 1. The van der Waals surface area contributed by atoms with Gasteiger partial charge < -0.3 is 0 Å². The van der Waals surface area contributed by atoms with E-state index in [0.29, 0.717) is 0 Å². The Morgan fingerprint density at radius 3 is 2.29 bits per heavy atom. The van der Waals surface area contributed by atoms with E-state index < -0.39 is 0 Å². The van der Waals surface area contributed by atoms with Crippen LogP contribution >= 0.6 is 15.9 Å². The van der Waals surface area contributed by atoms with Crippen molar-refractivity contribution in [3.8, 4) is 0 Å². The van der Waals surface area contributed by atoms with Crippen LogP contribution in [0.5, 0.6) is 0 Å². The third-order valence-electron chi connectivity index (χ3n) is 2.26. The van der Waals surface area contributed by atoms with Crippen molar-refractivity contribution in [2.75, 3.05) is 0 Å². The molecule has 0 nitrogen and oxygen atoms in total. The van der Waals surface area contributed by atoms with Crippen LogP contribution in [0.25, 0.3) is 0 Å². The van der Waals surface area contributed by atoms with Crippen molar-refractivity contribution in [1.82, 2.24) is 0 Å². The fourth-order valence-corrected chi connectivity index (χ4v) is 2.55. The van der Waals surface area contributed by atoms with E-state index in [1.54, 1.807) is 0 Å². The molecule has 0 aromatic heterocycles. The third kappa shape index (κ3) is 0.543. The fraction of sp³-hybridized carbons (Fsp3) is 1.00. The van der Waals surface area contributed by atoms with Gasteiger partial charge in [0.1, 0.15) is 0 Å². The molecular weight excluding hydrogens is 152 g/mol. The normalized spacial score (nSPS) is 57.0. The second kappa shape index (κ2) is 1.25. The van der Waals surface area contributed by atoms with Crippen LogP contribution in [0, 0.1) is 11.8 Å². The molecule has 0 aromatic rings. The lowest BCUT2D eigenvalue weighted by molar-refractivity contribution is 0.754. The summed E-state index contributed by atoms with van der Waals surface area (Å²) >= 11 is 3.65. The second-order valence-corrected chi connectivity index (χ2v) is 3.93. The molecule has 2 saturated carbocycles. The number of rotatable bonds is 0. The van der Waals surface area contributed by atoms with Crippen molar-refractivity contribution in [2.45, 2.75) is 24.1 Å². The van der Waals surface area contributed by atoms with Gasteiger partial charge in [0.15, 0.2) is 0 Å². The molecule has 2 rings (SSSR count). The van der Waals surface area contributed by atoms with Crippen LogP contribution in [0.1, 0.15) is 19.3 Å². The zero-order valence-corrected chi connectivity index (χ0v) is 5.82. The summed E-state index contributed by atoms with van der Waals surface area (Å²) in [5, 5.41) is 0. The third-order valence-corrected chi connectivity index (χ3v) is 3.39. The molecule has 0 radical (unpaired) electrons. The van der Waals surface area contributed by atoms with Gasteiger partial charge in [0.2, 0.25) is 0 Å². The maximum atomic E-state index is 3.65. The van der Waals surface area contributed by atoms with Crippen LogP contribution in [0.2, 0.25) is 0 Å². The zero-order chi connectivity index (χ0) is 4.85. The molecule has 2 fully saturated rings. The van der Waals surface area contributed by atoms with Gasteiger partial charge in [0.05, 0.1) is 0 Å². The molecule has 0 heterocycles. The molecule has 40 valence electrons.